The van der Waals surface area contributed by atoms with Crippen LogP contribution in [0, 0.1) is 18.4 Å². The van der Waals surface area contributed by atoms with Crippen molar-refractivity contribution < 1.29 is 0 Å². The van der Waals surface area contributed by atoms with Gasteiger partial charge in [-0.1, -0.05) is 12.0 Å². The molecule has 1 radical (unpaired) electrons. The molecular formula is C10H5S. The molecule has 0 saturated carbocycles. The van der Waals surface area contributed by atoms with E-state index < -0.39 is 0 Å². The summed E-state index contributed by atoms with van der Waals surface area (Å²) in [6, 6.07) is 9.08. The number of terminal acetylenes is 1. The minimum Gasteiger partial charge on any atom is -0.143 e. The van der Waals surface area contributed by atoms with Crippen molar-refractivity contribution >= 4 is 21.4 Å². The van der Waals surface area contributed by atoms with Gasteiger partial charge < -0.3 is 0 Å². The number of hydrogen-bond acceptors (Lipinski definition) is 1. The summed E-state index contributed by atoms with van der Waals surface area (Å²) in [5.74, 6) is 2.63. The molecule has 0 aliphatic heterocycles. The SMILES string of the molecule is C#Cc1cccc2sc[c]c12. The van der Waals surface area contributed by atoms with Gasteiger partial charge in [0.25, 0.3) is 0 Å². The third kappa shape index (κ3) is 0.923. The van der Waals surface area contributed by atoms with Crippen molar-refractivity contribution in [2.24, 2.45) is 0 Å². The summed E-state index contributed by atoms with van der Waals surface area (Å²) in [6.45, 7) is 0. The van der Waals surface area contributed by atoms with Gasteiger partial charge in [-0.2, -0.15) is 0 Å². The molecule has 0 atom stereocenters. The van der Waals surface area contributed by atoms with Crippen LogP contribution < -0.4 is 0 Å². The van der Waals surface area contributed by atoms with E-state index in [0.29, 0.717) is 0 Å². The Morgan fingerprint density at radius 1 is 1.45 bits per heavy atom. The standard InChI is InChI=1S/C10H5S/c1-2-8-4-3-5-10-9(8)6-7-11-10/h1,3-5,7H. The summed E-state index contributed by atoms with van der Waals surface area (Å²) in [5.41, 5.74) is 0.934. The van der Waals surface area contributed by atoms with Gasteiger partial charge in [-0.3, -0.25) is 0 Å². The highest BCUT2D eigenvalue weighted by molar-refractivity contribution is 7.17. The monoisotopic (exact) mass is 157 g/mol. The van der Waals surface area contributed by atoms with Gasteiger partial charge >= 0.3 is 0 Å². The number of rotatable bonds is 0. The first kappa shape index (κ1) is 6.45. The van der Waals surface area contributed by atoms with Crippen molar-refractivity contribution in [1.29, 1.82) is 0 Å². The van der Waals surface area contributed by atoms with E-state index in [1.165, 1.54) is 4.70 Å². The van der Waals surface area contributed by atoms with Crippen molar-refractivity contribution in [2.75, 3.05) is 0 Å². The molecule has 0 spiro atoms. The minimum atomic E-state index is 0.934. The molecule has 1 heterocycles. The fourth-order valence-electron chi connectivity index (χ4n) is 1.05. The summed E-state index contributed by atoms with van der Waals surface area (Å²) in [4.78, 5) is 0. The van der Waals surface area contributed by atoms with Crippen LogP contribution in [0.3, 0.4) is 0 Å². The normalized spacial score (nSPS) is 9.73. The first-order valence-corrected chi connectivity index (χ1v) is 4.14. The predicted molar refractivity (Wildman–Crippen MR) is 48.6 cm³/mol. The Morgan fingerprint density at radius 3 is 3.18 bits per heavy atom. The summed E-state index contributed by atoms with van der Waals surface area (Å²) in [6.07, 6.45) is 5.31. The first-order chi connectivity index (χ1) is 5.42. The third-order valence-electron chi connectivity index (χ3n) is 1.57. The van der Waals surface area contributed by atoms with Gasteiger partial charge in [0.2, 0.25) is 0 Å². The summed E-state index contributed by atoms with van der Waals surface area (Å²) in [5, 5.41) is 3.01. The largest absolute Gasteiger partial charge is 0.143 e. The zero-order valence-electron chi connectivity index (χ0n) is 5.79. The summed E-state index contributed by atoms with van der Waals surface area (Å²) >= 11 is 1.67. The van der Waals surface area contributed by atoms with Gasteiger partial charge in [-0.25, -0.2) is 0 Å². The van der Waals surface area contributed by atoms with Gasteiger partial charge in [-0.15, -0.1) is 17.8 Å². The van der Waals surface area contributed by atoms with Gasteiger partial charge in [0, 0.05) is 21.7 Å². The van der Waals surface area contributed by atoms with Crippen LogP contribution in [0.25, 0.3) is 10.1 Å². The van der Waals surface area contributed by atoms with E-state index in [-0.39, 0.29) is 0 Å². The maximum Gasteiger partial charge on any atom is 0.0361 e. The molecule has 11 heavy (non-hydrogen) atoms. The fourth-order valence-corrected chi connectivity index (χ4v) is 1.80. The van der Waals surface area contributed by atoms with Crippen LogP contribution in [0.4, 0.5) is 0 Å². The number of thiophene rings is 1. The van der Waals surface area contributed by atoms with E-state index in [1.54, 1.807) is 11.3 Å². The molecule has 0 N–H and O–H groups in total. The minimum absolute atomic E-state index is 0.934. The second kappa shape index (κ2) is 2.41. The van der Waals surface area contributed by atoms with Crippen LogP contribution in [0.1, 0.15) is 5.56 Å². The molecular weight excluding hydrogens is 152 g/mol. The second-order valence-corrected chi connectivity index (χ2v) is 3.11. The maximum absolute atomic E-state index is 5.31. The molecule has 0 aliphatic carbocycles. The zero-order chi connectivity index (χ0) is 7.68. The molecule has 1 heteroatoms. The van der Waals surface area contributed by atoms with E-state index in [0.717, 1.165) is 10.9 Å². The average Bonchev–Trinajstić information content (AvgIpc) is 2.50. The Kier molecular flexibility index (Phi) is 1.41. The van der Waals surface area contributed by atoms with Crippen molar-refractivity contribution in [3.8, 4) is 12.3 Å². The van der Waals surface area contributed by atoms with E-state index >= 15 is 0 Å². The first-order valence-electron chi connectivity index (χ1n) is 3.26. The number of hydrogen-bond donors (Lipinski definition) is 0. The van der Waals surface area contributed by atoms with Gasteiger partial charge in [0.1, 0.15) is 0 Å². The molecule has 0 fully saturated rings. The lowest BCUT2D eigenvalue weighted by molar-refractivity contribution is 1.77. The van der Waals surface area contributed by atoms with Crippen molar-refractivity contribution in [3.05, 3.63) is 35.2 Å². The molecule has 0 amide bonds. The van der Waals surface area contributed by atoms with Crippen LogP contribution in [0.2, 0.25) is 0 Å². The zero-order valence-corrected chi connectivity index (χ0v) is 6.61. The quantitative estimate of drug-likeness (QED) is 0.516. The molecule has 0 aliphatic rings. The van der Waals surface area contributed by atoms with Crippen LogP contribution in [-0.4, -0.2) is 0 Å². The molecule has 1 aromatic heterocycles. The lowest BCUT2D eigenvalue weighted by Crippen LogP contribution is -1.71. The summed E-state index contributed by atoms with van der Waals surface area (Å²) < 4.78 is 1.21. The number of fused-ring (bicyclic) bond motifs is 1. The lowest BCUT2D eigenvalue weighted by Gasteiger charge is -1.90. The van der Waals surface area contributed by atoms with Crippen LogP contribution in [0.5, 0.6) is 0 Å². The molecule has 2 rings (SSSR count). The van der Waals surface area contributed by atoms with Crippen LogP contribution in [0.15, 0.2) is 23.6 Å². The topological polar surface area (TPSA) is 0 Å². The molecule has 0 unspecified atom stereocenters. The maximum atomic E-state index is 5.31. The molecule has 0 nitrogen and oxygen atoms in total. The van der Waals surface area contributed by atoms with E-state index in [2.05, 4.69) is 18.1 Å². The average molecular weight is 157 g/mol. The highest BCUT2D eigenvalue weighted by Gasteiger charge is 1.97. The lowest BCUT2D eigenvalue weighted by atomic mass is 10.1. The Labute approximate surface area is 69.5 Å². The van der Waals surface area contributed by atoms with Crippen molar-refractivity contribution in [3.63, 3.8) is 0 Å². The smallest absolute Gasteiger partial charge is 0.0361 e. The highest BCUT2D eigenvalue weighted by atomic mass is 32.1. The fraction of sp³-hybridized carbons (Fsp3) is 0. The van der Waals surface area contributed by atoms with Gasteiger partial charge in [0.15, 0.2) is 0 Å². The molecule has 0 saturated heterocycles. The second-order valence-electron chi connectivity index (χ2n) is 2.20. The Balaban J connectivity index is 2.92. The molecule has 0 bridgehead atoms. The Hall–Kier alpha value is -1.26. The summed E-state index contributed by atoms with van der Waals surface area (Å²) in [7, 11) is 0. The van der Waals surface area contributed by atoms with Crippen LogP contribution >= 0.6 is 11.3 Å². The van der Waals surface area contributed by atoms with Gasteiger partial charge in [-0.05, 0) is 17.5 Å². The third-order valence-corrected chi connectivity index (χ3v) is 2.40. The molecule has 51 valence electrons. The molecule has 1 aromatic carbocycles. The van der Waals surface area contributed by atoms with E-state index in [4.69, 9.17) is 6.42 Å². The van der Waals surface area contributed by atoms with Crippen molar-refractivity contribution in [1.82, 2.24) is 0 Å². The van der Waals surface area contributed by atoms with E-state index in [9.17, 15) is 0 Å². The highest BCUT2D eigenvalue weighted by Crippen LogP contribution is 2.22. The van der Waals surface area contributed by atoms with Crippen molar-refractivity contribution in [2.45, 2.75) is 0 Å². The molecule has 2 aromatic rings. The van der Waals surface area contributed by atoms with E-state index in [1.807, 2.05) is 17.5 Å². The van der Waals surface area contributed by atoms with Crippen LogP contribution in [-0.2, 0) is 0 Å². The number of benzene rings is 1. The Morgan fingerprint density at radius 2 is 2.36 bits per heavy atom. The Bertz CT molecular complexity index is 418. The predicted octanol–water partition coefficient (Wildman–Crippen LogP) is 2.68. The van der Waals surface area contributed by atoms with Gasteiger partial charge in [0.05, 0.1) is 0 Å².